The molecule has 0 radical (unpaired) electrons. The topological polar surface area (TPSA) is 124 Å². The summed E-state index contributed by atoms with van der Waals surface area (Å²) in [6.07, 6.45) is 0. The van der Waals surface area contributed by atoms with Crippen molar-refractivity contribution in [2.24, 2.45) is 0 Å². The summed E-state index contributed by atoms with van der Waals surface area (Å²) in [5.74, 6) is -1.14. The fraction of sp³-hybridized carbons (Fsp3) is 0.333. The van der Waals surface area contributed by atoms with Crippen LogP contribution in [-0.2, 0) is 25.2 Å². The molecule has 0 spiro atoms. The SMILES string of the molecule is CC(=O)c1ccc(S(=O)(=O)N2CCN(C(=O)CN3C(=O)N[C@@](C)(c4ccccc4Br)C3=O)CC2)cc1. The van der Waals surface area contributed by atoms with E-state index in [2.05, 4.69) is 21.2 Å². The second-order valence-corrected chi connectivity index (χ2v) is 11.6. The Bertz CT molecular complexity index is 1340. The lowest BCUT2D eigenvalue weighted by atomic mass is 9.92. The highest BCUT2D eigenvalue weighted by Crippen LogP contribution is 2.33. The maximum atomic E-state index is 13.2. The van der Waals surface area contributed by atoms with Crippen LogP contribution in [0.2, 0.25) is 0 Å². The van der Waals surface area contributed by atoms with Gasteiger partial charge in [-0.1, -0.05) is 46.3 Å². The number of urea groups is 1. The Kier molecular flexibility index (Phi) is 7.04. The largest absolute Gasteiger partial charge is 0.338 e. The number of hydrogen-bond acceptors (Lipinski definition) is 6. The highest BCUT2D eigenvalue weighted by molar-refractivity contribution is 9.10. The smallest absolute Gasteiger partial charge is 0.325 e. The lowest BCUT2D eigenvalue weighted by molar-refractivity contribution is -0.139. The summed E-state index contributed by atoms with van der Waals surface area (Å²) >= 11 is 3.40. The first-order chi connectivity index (χ1) is 16.9. The van der Waals surface area contributed by atoms with E-state index < -0.39 is 40.0 Å². The number of carbonyl (C=O) groups is 4. The second kappa shape index (κ2) is 9.75. The number of halogens is 1. The van der Waals surface area contributed by atoms with Crippen molar-refractivity contribution >= 4 is 49.6 Å². The quantitative estimate of drug-likeness (QED) is 0.414. The van der Waals surface area contributed by atoms with Crippen LogP contribution in [0.25, 0.3) is 0 Å². The molecule has 2 fully saturated rings. The zero-order chi connectivity index (χ0) is 26.3. The van der Waals surface area contributed by atoms with E-state index >= 15 is 0 Å². The molecule has 190 valence electrons. The third-order valence-corrected chi connectivity index (χ3v) is 9.08. The molecule has 10 nitrogen and oxygen atoms in total. The van der Waals surface area contributed by atoms with Gasteiger partial charge in [0.05, 0.1) is 4.90 Å². The van der Waals surface area contributed by atoms with Crippen molar-refractivity contribution < 1.29 is 27.6 Å². The molecule has 1 atom stereocenters. The van der Waals surface area contributed by atoms with Crippen LogP contribution < -0.4 is 5.32 Å². The van der Waals surface area contributed by atoms with Gasteiger partial charge in [-0.05, 0) is 32.0 Å². The zero-order valence-electron chi connectivity index (χ0n) is 19.7. The maximum Gasteiger partial charge on any atom is 0.325 e. The third kappa shape index (κ3) is 4.67. The van der Waals surface area contributed by atoms with Gasteiger partial charge < -0.3 is 10.2 Å². The Morgan fingerprint density at radius 3 is 2.19 bits per heavy atom. The summed E-state index contributed by atoms with van der Waals surface area (Å²) in [4.78, 5) is 52.5. The molecule has 2 saturated heterocycles. The van der Waals surface area contributed by atoms with Gasteiger partial charge in [0, 0.05) is 41.8 Å². The van der Waals surface area contributed by atoms with Crippen molar-refractivity contribution in [3.8, 4) is 0 Å². The van der Waals surface area contributed by atoms with Crippen molar-refractivity contribution in [1.29, 1.82) is 0 Å². The number of Topliss-reactive ketones (excluding diaryl/α,β-unsaturated/α-hetero) is 1. The number of nitrogens with zero attached hydrogens (tertiary/aromatic N) is 3. The van der Waals surface area contributed by atoms with Gasteiger partial charge in [0.1, 0.15) is 12.1 Å². The van der Waals surface area contributed by atoms with Gasteiger partial charge in [-0.25, -0.2) is 13.2 Å². The Labute approximate surface area is 217 Å². The first kappa shape index (κ1) is 26.0. The van der Waals surface area contributed by atoms with Crippen LogP contribution >= 0.6 is 15.9 Å². The predicted molar refractivity (Wildman–Crippen MR) is 134 cm³/mol. The summed E-state index contributed by atoms with van der Waals surface area (Å²) in [7, 11) is -3.79. The molecule has 0 unspecified atom stereocenters. The predicted octanol–water partition coefficient (Wildman–Crippen LogP) is 1.95. The maximum absolute atomic E-state index is 13.2. The molecule has 4 amide bonds. The number of amides is 4. The number of benzene rings is 2. The van der Waals surface area contributed by atoms with Crippen LogP contribution in [0.15, 0.2) is 57.9 Å². The zero-order valence-corrected chi connectivity index (χ0v) is 22.1. The monoisotopic (exact) mass is 576 g/mol. The minimum absolute atomic E-state index is 0.0668. The number of hydrogen-bond donors (Lipinski definition) is 1. The summed E-state index contributed by atoms with van der Waals surface area (Å²) in [6.45, 7) is 2.92. The molecule has 2 aliphatic rings. The molecule has 36 heavy (non-hydrogen) atoms. The molecule has 2 heterocycles. The van der Waals surface area contributed by atoms with E-state index in [0.717, 1.165) is 4.90 Å². The lowest BCUT2D eigenvalue weighted by Crippen LogP contribution is -2.53. The third-order valence-electron chi connectivity index (χ3n) is 6.47. The van der Waals surface area contributed by atoms with E-state index in [4.69, 9.17) is 0 Å². The van der Waals surface area contributed by atoms with Crippen LogP contribution in [0.4, 0.5) is 4.79 Å². The van der Waals surface area contributed by atoms with Gasteiger partial charge in [-0.3, -0.25) is 19.3 Å². The lowest BCUT2D eigenvalue weighted by Gasteiger charge is -2.34. The van der Waals surface area contributed by atoms with Gasteiger partial charge in [0.15, 0.2) is 5.78 Å². The highest BCUT2D eigenvalue weighted by Gasteiger charge is 2.50. The van der Waals surface area contributed by atoms with Crippen LogP contribution in [0.3, 0.4) is 0 Å². The molecular weight excluding hydrogens is 552 g/mol. The summed E-state index contributed by atoms with van der Waals surface area (Å²) in [6, 6.07) is 12.1. The van der Waals surface area contributed by atoms with Gasteiger partial charge in [0.2, 0.25) is 15.9 Å². The van der Waals surface area contributed by atoms with Crippen molar-refractivity contribution in [2.75, 3.05) is 32.7 Å². The molecule has 4 rings (SSSR count). The van der Waals surface area contributed by atoms with Gasteiger partial charge in [-0.2, -0.15) is 4.31 Å². The van der Waals surface area contributed by atoms with Crippen molar-refractivity contribution in [3.63, 3.8) is 0 Å². The Hall–Kier alpha value is -3.09. The minimum Gasteiger partial charge on any atom is -0.338 e. The van der Waals surface area contributed by atoms with Crippen LogP contribution in [0, 0.1) is 0 Å². The average molecular weight is 577 g/mol. The highest BCUT2D eigenvalue weighted by atomic mass is 79.9. The fourth-order valence-electron chi connectivity index (χ4n) is 4.31. The van der Waals surface area contributed by atoms with Crippen LogP contribution in [0.5, 0.6) is 0 Å². The van der Waals surface area contributed by atoms with E-state index in [1.54, 1.807) is 31.2 Å². The Morgan fingerprint density at radius 2 is 1.61 bits per heavy atom. The van der Waals surface area contributed by atoms with Gasteiger partial charge in [-0.15, -0.1) is 0 Å². The molecule has 12 heteroatoms. The first-order valence-electron chi connectivity index (χ1n) is 11.2. The summed E-state index contributed by atoms with van der Waals surface area (Å²) < 4.78 is 27.9. The second-order valence-electron chi connectivity index (χ2n) is 8.79. The molecule has 1 N–H and O–H groups in total. The number of carbonyl (C=O) groups excluding carboxylic acids is 4. The van der Waals surface area contributed by atoms with E-state index in [-0.39, 0.29) is 36.9 Å². The number of piperazine rings is 1. The molecular formula is C24H25BrN4O6S. The minimum atomic E-state index is -3.79. The van der Waals surface area contributed by atoms with Gasteiger partial charge in [0.25, 0.3) is 5.91 Å². The van der Waals surface area contributed by atoms with Gasteiger partial charge >= 0.3 is 6.03 Å². The molecule has 0 saturated carbocycles. The van der Waals surface area contributed by atoms with Crippen molar-refractivity contribution in [1.82, 2.24) is 19.4 Å². The molecule has 0 aliphatic carbocycles. The normalized spacial score (nSPS) is 21.0. The van der Waals surface area contributed by atoms with Crippen LogP contribution in [-0.4, -0.2) is 78.9 Å². The Morgan fingerprint density at radius 1 is 1.00 bits per heavy atom. The molecule has 2 aromatic rings. The van der Waals surface area contributed by atoms with Crippen LogP contribution in [0.1, 0.15) is 29.8 Å². The number of rotatable bonds is 6. The fourth-order valence-corrected chi connectivity index (χ4v) is 6.42. The standard InChI is InChI=1S/C24H25BrN4O6S/c1-16(30)17-7-9-18(10-8-17)36(34,35)28-13-11-27(12-14-28)21(31)15-29-22(32)24(2,26-23(29)33)19-5-3-4-6-20(19)25/h3-10H,11-15H2,1-2H3,(H,26,33)/t24-/m0/s1. The van der Waals surface area contributed by atoms with Crippen molar-refractivity contribution in [3.05, 3.63) is 64.1 Å². The van der Waals surface area contributed by atoms with E-state index in [9.17, 15) is 27.6 Å². The molecule has 2 aromatic carbocycles. The Balaban J connectivity index is 1.40. The number of ketones is 1. The summed E-state index contributed by atoms with van der Waals surface area (Å²) in [5, 5.41) is 2.68. The molecule has 2 aliphatic heterocycles. The number of imide groups is 1. The molecule has 0 bridgehead atoms. The molecule has 0 aromatic heterocycles. The van der Waals surface area contributed by atoms with E-state index in [1.807, 2.05) is 0 Å². The number of nitrogens with one attached hydrogen (secondary N) is 1. The van der Waals surface area contributed by atoms with E-state index in [1.165, 1.54) is 40.4 Å². The first-order valence-corrected chi connectivity index (χ1v) is 13.5. The summed E-state index contributed by atoms with van der Waals surface area (Å²) in [5.41, 5.74) is -0.323. The average Bonchev–Trinajstić information content (AvgIpc) is 3.07. The van der Waals surface area contributed by atoms with E-state index in [0.29, 0.717) is 15.6 Å². The number of sulfonamides is 1. The van der Waals surface area contributed by atoms with Crippen molar-refractivity contribution in [2.45, 2.75) is 24.3 Å².